The minimum atomic E-state index is -0.0804. The minimum Gasteiger partial charge on any atom is -0.493 e. The van der Waals surface area contributed by atoms with Gasteiger partial charge in [-0.25, -0.2) is 0 Å². The van der Waals surface area contributed by atoms with Gasteiger partial charge in [0.25, 0.3) is 0 Å². The lowest BCUT2D eigenvalue weighted by atomic mass is 9.95. The molecule has 134 valence electrons. The van der Waals surface area contributed by atoms with Crippen LogP contribution in [0.25, 0.3) is 11.4 Å². The molecule has 8 heteroatoms. The molecule has 0 atom stereocenters. The van der Waals surface area contributed by atoms with Gasteiger partial charge in [0.1, 0.15) is 6.54 Å². The van der Waals surface area contributed by atoms with Crippen LogP contribution in [0.3, 0.4) is 0 Å². The molecule has 0 spiro atoms. The molecule has 1 aliphatic rings. The Morgan fingerprint density at radius 1 is 1.20 bits per heavy atom. The molecule has 0 bridgehead atoms. The standard InChI is InChI=1S/C17H23N5O3/c1-24-14-9-8-12(10-15(14)25-2)17-19-21-22(20-17)11-16(23)18-13-6-4-3-5-7-13/h8-10,13H,3-7,11H2,1-2H3,(H,18,23). The first-order valence-electron chi connectivity index (χ1n) is 8.49. The Bertz CT molecular complexity index is 725. The van der Waals surface area contributed by atoms with Gasteiger partial charge < -0.3 is 14.8 Å². The van der Waals surface area contributed by atoms with Crippen molar-refractivity contribution in [3.63, 3.8) is 0 Å². The summed E-state index contributed by atoms with van der Waals surface area (Å²) in [5, 5.41) is 15.3. The Kier molecular flexibility index (Phi) is 5.47. The molecule has 0 unspecified atom stereocenters. The summed E-state index contributed by atoms with van der Waals surface area (Å²) in [5.41, 5.74) is 0.747. The molecule has 1 aromatic carbocycles. The Morgan fingerprint density at radius 2 is 1.96 bits per heavy atom. The topological polar surface area (TPSA) is 91.2 Å². The van der Waals surface area contributed by atoms with E-state index in [1.807, 2.05) is 6.07 Å². The van der Waals surface area contributed by atoms with E-state index in [9.17, 15) is 4.79 Å². The number of carbonyl (C=O) groups is 1. The van der Waals surface area contributed by atoms with E-state index in [4.69, 9.17) is 9.47 Å². The van der Waals surface area contributed by atoms with Crippen molar-refractivity contribution in [2.75, 3.05) is 14.2 Å². The first kappa shape index (κ1) is 17.2. The second kappa shape index (κ2) is 7.96. The van der Waals surface area contributed by atoms with Gasteiger partial charge in [0.05, 0.1) is 14.2 Å². The van der Waals surface area contributed by atoms with Crippen molar-refractivity contribution in [3.8, 4) is 22.9 Å². The molecule has 0 aliphatic heterocycles. The summed E-state index contributed by atoms with van der Waals surface area (Å²) < 4.78 is 10.5. The molecule has 1 aromatic heterocycles. The molecule has 1 aliphatic carbocycles. The third-order valence-corrected chi connectivity index (χ3v) is 4.35. The quantitative estimate of drug-likeness (QED) is 0.858. The molecule has 1 saturated carbocycles. The zero-order valence-electron chi connectivity index (χ0n) is 14.6. The van der Waals surface area contributed by atoms with Crippen LogP contribution in [0.5, 0.6) is 11.5 Å². The first-order valence-corrected chi connectivity index (χ1v) is 8.49. The second-order valence-electron chi connectivity index (χ2n) is 6.12. The average molecular weight is 345 g/mol. The van der Waals surface area contributed by atoms with Gasteiger partial charge in [-0.1, -0.05) is 19.3 Å². The van der Waals surface area contributed by atoms with Crippen LogP contribution in [0.4, 0.5) is 0 Å². The minimum absolute atomic E-state index is 0.0663. The molecular weight excluding hydrogens is 322 g/mol. The molecule has 1 fully saturated rings. The van der Waals surface area contributed by atoms with Gasteiger partial charge in [-0.2, -0.15) is 4.80 Å². The van der Waals surface area contributed by atoms with Crippen LogP contribution >= 0.6 is 0 Å². The summed E-state index contributed by atoms with van der Waals surface area (Å²) in [4.78, 5) is 13.4. The Balaban J connectivity index is 1.64. The van der Waals surface area contributed by atoms with E-state index in [1.54, 1.807) is 26.4 Å². The number of rotatable bonds is 6. The van der Waals surface area contributed by atoms with Crippen molar-refractivity contribution < 1.29 is 14.3 Å². The fourth-order valence-electron chi connectivity index (χ4n) is 3.05. The number of benzene rings is 1. The van der Waals surface area contributed by atoms with Gasteiger partial charge in [-0.05, 0) is 36.3 Å². The van der Waals surface area contributed by atoms with Crippen LogP contribution in [0.15, 0.2) is 18.2 Å². The molecule has 8 nitrogen and oxygen atoms in total. The van der Waals surface area contributed by atoms with Gasteiger partial charge in [-0.3, -0.25) is 4.79 Å². The molecule has 1 amide bonds. The fourth-order valence-corrected chi connectivity index (χ4v) is 3.05. The summed E-state index contributed by atoms with van der Waals surface area (Å²) in [5.74, 6) is 1.58. The monoisotopic (exact) mass is 345 g/mol. The van der Waals surface area contributed by atoms with Gasteiger partial charge in [-0.15, -0.1) is 10.2 Å². The van der Waals surface area contributed by atoms with Crippen LogP contribution in [0.2, 0.25) is 0 Å². The van der Waals surface area contributed by atoms with Crippen LogP contribution in [-0.4, -0.2) is 46.4 Å². The highest BCUT2D eigenvalue weighted by Crippen LogP contribution is 2.30. The Hall–Kier alpha value is -2.64. The molecule has 1 heterocycles. The number of hydrogen-bond acceptors (Lipinski definition) is 6. The van der Waals surface area contributed by atoms with Gasteiger partial charge in [0.15, 0.2) is 11.5 Å². The molecule has 0 saturated heterocycles. The number of methoxy groups -OCH3 is 2. The zero-order chi connectivity index (χ0) is 17.6. The molecule has 3 rings (SSSR count). The van der Waals surface area contributed by atoms with Crippen LogP contribution in [0, 0.1) is 0 Å². The maximum absolute atomic E-state index is 12.1. The fraction of sp³-hybridized carbons (Fsp3) is 0.529. The average Bonchev–Trinajstić information content (AvgIpc) is 3.10. The number of nitrogens with one attached hydrogen (secondary N) is 1. The maximum Gasteiger partial charge on any atom is 0.243 e. The van der Waals surface area contributed by atoms with E-state index < -0.39 is 0 Å². The molecular formula is C17H23N5O3. The van der Waals surface area contributed by atoms with Crippen LogP contribution in [-0.2, 0) is 11.3 Å². The predicted molar refractivity (Wildman–Crippen MR) is 91.4 cm³/mol. The zero-order valence-corrected chi connectivity index (χ0v) is 14.6. The van der Waals surface area contributed by atoms with Crippen molar-refractivity contribution in [1.82, 2.24) is 25.5 Å². The first-order chi connectivity index (χ1) is 12.2. The number of nitrogens with zero attached hydrogens (tertiary/aromatic N) is 4. The van der Waals surface area contributed by atoms with Crippen molar-refractivity contribution in [1.29, 1.82) is 0 Å². The number of ether oxygens (including phenoxy) is 2. The maximum atomic E-state index is 12.1. The van der Waals surface area contributed by atoms with Crippen molar-refractivity contribution in [2.45, 2.75) is 44.7 Å². The van der Waals surface area contributed by atoms with Gasteiger partial charge in [0.2, 0.25) is 11.7 Å². The number of tetrazole rings is 1. The Labute approximate surface area is 146 Å². The third-order valence-electron chi connectivity index (χ3n) is 4.35. The molecule has 2 aromatic rings. The van der Waals surface area contributed by atoms with Gasteiger partial charge in [0, 0.05) is 11.6 Å². The van der Waals surface area contributed by atoms with Crippen molar-refractivity contribution >= 4 is 5.91 Å². The lowest BCUT2D eigenvalue weighted by Gasteiger charge is -2.22. The number of amides is 1. The van der Waals surface area contributed by atoms with E-state index in [-0.39, 0.29) is 18.5 Å². The van der Waals surface area contributed by atoms with Gasteiger partial charge >= 0.3 is 0 Å². The summed E-state index contributed by atoms with van der Waals surface area (Å²) in [7, 11) is 3.15. The van der Waals surface area contributed by atoms with E-state index in [1.165, 1.54) is 24.1 Å². The van der Waals surface area contributed by atoms with Crippen molar-refractivity contribution in [3.05, 3.63) is 18.2 Å². The lowest BCUT2D eigenvalue weighted by Crippen LogP contribution is -2.38. The van der Waals surface area contributed by atoms with Crippen LogP contribution < -0.4 is 14.8 Å². The third kappa shape index (κ3) is 4.26. The Morgan fingerprint density at radius 3 is 2.68 bits per heavy atom. The SMILES string of the molecule is COc1ccc(-c2nnn(CC(=O)NC3CCCCC3)n2)cc1OC. The molecule has 1 N–H and O–H groups in total. The van der Waals surface area contributed by atoms with E-state index in [0.29, 0.717) is 17.3 Å². The highest BCUT2D eigenvalue weighted by atomic mass is 16.5. The number of carbonyl (C=O) groups excluding carboxylic acids is 1. The smallest absolute Gasteiger partial charge is 0.243 e. The highest BCUT2D eigenvalue weighted by Gasteiger charge is 2.17. The highest BCUT2D eigenvalue weighted by molar-refractivity contribution is 5.75. The number of aromatic nitrogens is 4. The second-order valence-corrected chi connectivity index (χ2v) is 6.12. The lowest BCUT2D eigenvalue weighted by molar-refractivity contribution is -0.123. The number of hydrogen-bond donors (Lipinski definition) is 1. The molecule has 25 heavy (non-hydrogen) atoms. The normalized spacial score (nSPS) is 15.0. The summed E-state index contributed by atoms with van der Waals surface area (Å²) in [6.45, 7) is 0.0663. The van der Waals surface area contributed by atoms with Crippen LogP contribution in [0.1, 0.15) is 32.1 Å². The molecule has 0 radical (unpaired) electrons. The van der Waals surface area contributed by atoms with E-state index in [0.717, 1.165) is 18.4 Å². The summed E-state index contributed by atoms with van der Waals surface area (Å²) in [6.07, 6.45) is 5.71. The summed E-state index contributed by atoms with van der Waals surface area (Å²) >= 11 is 0. The summed E-state index contributed by atoms with van der Waals surface area (Å²) in [6, 6.07) is 5.66. The van der Waals surface area contributed by atoms with E-state index >= 15 is 0 Å². The van der Waals surface area contributed by atoms with Crippen molar-refractivity contribution in [2.24, 2.45) is 0 Å². The van der Waals surface area contributed by atoms with E-state index in [2.05, 4.69) is 20.7 Å². The predicted octanol–water partition coefficient (Wildman–Crippen LogP) is 1.81. The largest absolute Gasteiger partial charge is 0.493 e.